The first-order chi connectivity index (χ1) is 12.6. The van der Waals surface area contributed by atoms with Crippen molar-refractivity contribution in [2.45, 2.75) is 19.3 Å². The summed E-state index contributed by atoms with van der Waals surface area (Å²) in [4.78, 5) is 34.6. The predicted molar refractivity (Wildman–Crippen MR) is 98.1 cm³/mol. The number of amides is 2. The second-order valence-corrected chi connectivity index (χ2v) is 5.83. The van der Waals surface area contributed by atoms with Gasteiger partial charge in [0.05, 0.1) is 5.56 Å². The van der Waals surface area contributed by atoms with Gasteiger partial charge in [0.2, 0.25) is 5.91 Å². The molecular weight excluding hydrogens is 332 g/mol. The molecular formula is C20H22N2O4. The number of carboxylic acids is 1. The van der Waals surface area contributed by atoms with E-state index in [4.69, 9.17) is 5.11 Å². The number of aromatic carboxylic acids is 1. The van der Waals surface area contributed by atoms with Gasteiger partial charge >= 0.3 is 5.97 Å². The van der Waals surface area contributed by atoms with Crippen molar-refractivity contribution in [2.75, 3.05) is 13.1 Å². The molecule has 0 fully saturated rings. The summed E-state index contributed by atoms with van der Waals surface area (Å²) in [5.74, 6) is -1.20. The van der Waals surface area contributed by atoms with E-state index in [0.29, 0.717) is 37.9 Å². The van der Waals surface area contributed by atoms with E-state index in [0.717, 1.165) is 5.56 Å². The minimum Gasteiger partial charge on any atom is -0.478 e. The van der Waals surface area contributed by atoms with Crippen molar-refractivity contribution in [2.24, 2.45) is 0 Å². The molecule has 2 rings (SSSR count). The highest BCUT2D eigenvalue weighted by Crippen LogP contribution is 2.05. The Morgan fingerprint density at radius 2 is 1.58 bits per heavy atom. The summed E-state index contributed by atoms with van der Waals surface area (Å²) < 4.78 is 0. The Morgan fingerprint density at radius 3 is 2.31 bits per heavy atom. The highest BCUT2D eigenvalue weighted by atomic mass is 16.4. The van der Waals surface area contributed by atoms with Crippen molar-refractivity contribution < 1.29 is 19.5 Å². The van der Waals surface area contributed by atoms with Crippen LogP contribution in [0.5, 0.6) is 0 Å². The third kappa shape index (κ3) is 6.39. The lowest BCUT2D eigenvalue weighted by atomic mass is 10.1. The summed E-state index contributed by atoms with van der Waals surface area (Å²) in [5, 5.41) is 14.5. The van der Waals surface area contributed by atoms with Crippen molar-refractivity contribution >= 4 is 17.8 Å². The van der Waals surface area contributed by atoms with E-state index in [9.17, 15) is 14.4 Å². The lowest BCUT2D eigenvalue weighted by molar-refractivity contribution is -0.121. The fourth-order valence-electron chi connectivity index (χ4n) is 2.44. The maximum Gasteiger partial charge on any atom is 0.335 e. The average molecular weight is 354 g/mol. The molecule has 0 heterocycles. The zero-order valence-electron chi connectivity index (χ0n) is 14.4. The van der Waals surface area contributed by atoms with Gasteiger partial charge in [-0.25, -0.2) is 4.79 Å². The molecule has 0 aliphatic heterocycles. The lowest BCUT2D eigenvalue weighted by Crippen LogP contribution is -2.28. The molecule has 2 aromatic rings. The van der Waals surface area contributed by atoms with Gasteiger partial charge in [-0.1, -0.05) is 30.3 Å². The Labute approximate surface area is 152 Å². The van der Waals surface area contributed by atoms with Crippen LogP contribution in [0.1, 0.15) is 39.1 Å². The Kier molecular flexibility index (Phi) is 7.36. The molecule has 6 heteroatoms. The third-order valence-corrected chi connectivity index (χ3v) is 3.81. The number of rotatable bonds is 9. The van der Waals surface area contributed by atoms with Crippen molar-refractivity contribution in [3.8, 4) is 0 Å². The van der Waals surface area contributed by atoms with Crippen molar-refractivity contribution in [3.05, 3.63) is 71.3 Å². The molecule has 0 bridgehead atoms. The molecule has 26 heavy (non-hydrogen) atoms. The Morgan fingerprint density at radius 1 is 0.846 bits per heavy atom. The first-order valence-corrected chi connectivity index (χ1v) is 8.48. The van der Waals surface area contributed by atoms with Crippen LogP contribution in [0.2, 0.25) is 0 Å². The maximum atomic E-state index is 11.8. The fraction of sp³-hybridized carbons (Fsp3) is 0.250. The van der Waals surface area contributed by atoms with Gasteiger partial charge in [-0.3, -0.25) is 9.59 Å². The highest BCUT2D eigenvalue weighted by Gasteiger charge is 2.06. The number of hydrogen-bond donors (Lipinski definition) is 3. The fourth-order valence-corrected chi connectivity index (χ4v) is 2.44. The molecule has 0 saturated carbocycles. The first-order valence-electron chi connectivity index (χ1n) is 8.48. The average Bonchev–Trinajstić information content (AvgIpc) is 2.66. The van der Waals surface area contributed by atoms with Crippen molar-refractivity contribution in [1.82, 2.24) is 10.6 Å². The smallest absolute Gasteiger partial charge is 0.335 e. The second-order valence-electron chi connectivity index (χ2n) is 5.83. The molecule has 2 amide bonds. The molecule has 0 spiro atoms. The number of hydrogen-bond acceptors (Lipinski definition) is 3. The molecule has 3 N–H and O–H groups in total. The normalized spacial score (nSPS) is 10.2. The third-order valence-electron chi connectivity index (χ3n) is 3.81. The van der Waals surface area contributed by atoms with E-state index >= 15 is 0 Å². The van der Waals surface area contributed by atoms with Crippen LogP contribution in [0.3, 0.4) is 0 Å². The quantitative estimate of drug-likeness (QED) is 0.602. The Balaban J connectivity index is 1.61. The lowest BCUT2D eigenvalue weighted by Gasteiger charge is -2.07. The second kappa shape index (κ2) is 9.98. The van der Waals surface area contributed by atoms with Crippen LogP contribution in [0.4, 0.5) is 0 Å². The summed E-state index contributed by atoms with van der Waals surface area (Å²) in [6.07, 6.45) is 1.45. The first kappa shape index (κ1) is 19.2. The molecule has 0 radical (unpaired) electrons. The van der Waals surface area contributed by atoms with E-state index < -0.39 is 5.97 Å². The van der Waals surface area contributed by atoms with Crippen LogP contribution < -0.4 is 10.6 Å². The standard InChI is InChI=1S/C20H22N2O4/c23-18(10-5-12-22-19(24)16-7-2-1-3-8-16)21-13-11-15-6-4-9-17(14-15)20(25)26/h1-4,6-9,14H,5,10-13H2,(H,21,23)(H,22,24)(H,25,26). The SMILES string of the molecule is O=C(CCCNC(=O)c1ccccc1)NCCc1cccc(C(=O)O)c1. The van der Waals surface area contributed by atoms with Crippen molar-refractivity contribution in [1.29, 1.82) is 0 Å². The minimum absolute atomic E-state index is 0.0895. The summed E-state index contributed by atoms with van der Waals surface area (Å²) in [6, 6.07) is 15.6. The molecule has 0 aliphatic rings. The summed E-state index contributed by atoms with van der Waals surface area (Å²) >= 11 is 0. The summed E-state index contributed by atoms with van der Waals surface area (Å²) in [6.45, 7) is 0.875. The van der Waals surface area contributed by atoms with E-state index in [-0.39, 0.29) is 17.4 Å². The van der Waals surface area contributed by atoms with Crippen LogP contribution in [0, 0.1) is 0 Å². The van der Waals surface area contributed by atoms with Crippen LogP contribution in [-0.4, -0.2) is 36.0 Å². The molecule has 0 unspecified atom stereocenters. The summed E-state index contributed by atoms with van der Waals surface area (Å²) in [5.41, 5.74) is 1.70. The van der Waals surface area contributed by atoms with E-state index in [2.05, 4.69) is 10.6 Å². The molecule has 0 aliphatic carbocycles. The Bertz CT molecular complexity index is 759. The van der Waals surface area contributed by atoms with Gasteiger partial charge in [-0.15, -0.1) is 0 Å². The number of carboxylic acid groups (broad SMARTS) is 1. The number of carbonyl (C=O) groups excluding carboxylic acids is 2. The van der Waals surface area contributed by atoms with Gasteiger partial charge in [-0.2, -0.15) is 0 Å². The number of benzene rings is 2. The van der Waals surface area contributed by atoms with Gasteiger partial charge in [0.15, 0.2) is 0 Å². The van der Waals surface area contributed by atoms with Crippen LogP contribution >= 0.6 is 0 Å². The maximum absolute atomic E-state index is 11.8. The number of carbonyl (C=O) groups is 3. The molecule has 0 aromatic heterocycles. The summed E-state index contributed by atoms with van der Waals surface area (Å²) in [7, 11) is 0. The molecule has 0 saturated heterocycles. The molecule has 136 valence electrons. The molecule has 0 atom stereocenters. The van der Waals surface area contributed by atoms with E-state index in [1.54, 1.807) is 36.4 Å². The predicted octanol–water partition coefficient (Wildman–Crippen LogP) is 2.25. The van der Waals surface area contributed by atoms with Crippen LogP contribution in [0.25, 0.3) is 0 Å². The van der Waals surface area contributed by atoms with E-state index in [1.807, 2.05) is 12.1 Å². The highest BCUT2D eigenvalue weighted by molar-refractivity contribution is 5.94. The van der Waals surface area contributed by atoms with Gasteiger partial charge < -0.3 is 15.7 Å². The number of nitrogens with one attached hydrogen (secondary N) is 2. The zero-order valence-corrected chi connectivity index (χ0v) is 14.4. The minimum atomic E-state index is -0.964. The van der Waals surface area contributed by atoms with Gasteiger partial charge in [0.1, 0.15) is 0 Å². The Hall–Kier alpha value is -3.15. The molecule has 2 aromatic carbocycles. The van der Waals surface area contributed by atoms with Gasteiger partial charge in [-0.05, 0) is 42.7 Å². The van der Waals surface area contributed by atoms with Crippen molar-refractivity contribution in [3.63, 3.8) is 0 Å². The monoisotopic (exact) mass is 354 g/mol. The van der Waals surface area contributed by atoms with Crippen LogP contribution in [0.15, 0.2) is 54.6 Å². The van der Waals surface area contributed by atoms with Gasteiger partial charge in [0.25, 0.3) is 5.91 Å². The zero-order chi connectivity index (χ0) is 18.8. The van der Waals surface area contributed by atoms with E-state index in [1.165, 1.54) is 6.07 Å². The topological polar surface area (TPSA) is 95.5 Å². The van der Waals surface area contributed by atoms with Gasteiger partial charge in [0, 0.05) is 25.1 Å². The van der Waals surface area contributed by atoms with Crippen LogP contribution in [-0.2, 0) is 11.2 Å². The molecule has 6 nitrogen and oxygen atoms in total. The largest absolute Gasteiger partial charge is 0.478 e.